The Morgan fingerprint density at radius 3 is 2.68 bits per heavy atom. The van der Waals surface area contributed by atoms with Crippen molar-refractivity contribution in [3.05, 3.63) is 41.3 Å². The molecule has 1 atom stereocenters. The van der Waals surface area contributed by atoms with Crippen molar-refractivity contribution in [3.63, 3.8) is 0 Å². The summed E-state index contributed by atoms with van der Waals surface area (Å²) in [7, 11) is 3.27. The molecule has 0 aliphatic heterocycles. The van der Waals surface area contributed by atoms with Gasteiger partial charge in [-0.3, -0.25) is 4.79 Å². The molecule has 0 radical (unpaired) electrons. The molecule has 0 N–H and O–H groups in total. The molecule has 0 saturated heterocycles. The Kier molecular flexibility index (Phi) is 5.18. The Bertz CT molecular complexity index is 688. The van der Waals surface area contributed by atoms with E-state index in [4.69, 9.17) is 10.00 Å². The summed E-state index contributed by atoms with van der Waals surface area (Å²) in [4.78, 5) is 15.7. The lowest BCUT2D eigenvalue weighted by Crippen LogP contribution is -2.30. The van der Waals surface area contributed by atoms with Gasteiger partial charge in [-0.05, 0) is 18.6 Å². The number of rotatable bonds is 5. The molecule has 0 fully saturated rings. The van der Waals surface area contributed by atoms with E-state index in [-0.39, 0.29) is 11.8 Å². The first-order valence-corrected chi connectivity index (χ1v) is 7.76. The first-order chi connectivity index (χ1) is 10.6. The van der Waals surface area contributed by atoms with Gasteiger partial charge in [0.15, 0.2) is 0 Å². The third kappa shape index (κ3) is 3.46. The molecule has 1 aromatic heterocycles. The standard InChI is InChI=1S/C17H18N2O2S/c1-12(10-18)11-19(2)17(20)16-14(21-3)9-15(22-16)13-7-5-4-6-8-13/h4-9,12H,11H2,1-3H3/t12-/m0/s1. The summed E-state index contributed by atoms with van der Waals surface area (Å²) < 4.78 is 5.35. The maximum absolute atomic E-state index is 12.6. The van der Waals surface area contributed by atoms with Crippen LogP contribution in [0.15, 0.2) is 36.4 Å². The average molecular weight is 314 g/mol. The second-order valence-corrected chi connectivity index (χ2v) is 6.14. The predicted octanol–water partition coefficient (Wildman–Crippen LogP) is 3.66. The van der Waals surface area contributed by atoms with Crippen molar-refractivity contribution >= 4 is 17.2 Å². The molecule has 1 amide bonds. The van der Waals surface area contributed by atoms with Crippen LogP contribution in [0.1, 0.15) is 16.6 Å². The molecule has 0 spiro atoms. The van der Waals surface area contributed by atoms with Gasteiger partial charge in [-0.2, -0.15) is 5.26 Å². The monoisotopic (exact) mass is 314 g/mol. The van der Waals surface area contributed by atoms with Crippen LogP contribution in [-0.4, -0.2) is 31.5 Å². The lowest BCUT2D eigenvalue weighted by molar-refractivity contribution is 0.0787. The molecule has 0 aliphatic rings. The molecular formula is C17H18N2O2S. The molecule has 2 rings (SSSR count). The minimum absolute atomic E-state index is 0.119. The first kappa shape index (κ1) is 16.1. The van der Waals surface area contributed by atoms with Crippen LogP contribution in [0.2, 0.25) is 0 Å². The number of methoxy groups -OCH3 is 1. The Morgan fingerprint density at radius 1 is 1.41 bits per heavy atom. The molecule has 0 saturated carbocycles. The van der Waals surface area contributed by atoms with Gasteiger partial charge in [0, 0.05) is 18.5 Å². The van der Waals surface area contributed by atoms with E-state index < -0.39 is 0 Å². The number of hydrogen-bond acceptors (Lipinski definition) is 4. The molecule has 0 bridgehead atoms. The molecule has 1 heterocycles. The molecule has 4 nitrogen and oxygen atoms in total. The number of thiophene rings is 1. The number of carbonyl (C=O) groups excluding carboxylic acids is 1. The lowest BCUT2D eigenvalue weighted by Gasteiger charge is -2.17. The lowest BCUT2D eigenvalue weighted by atomic mass is 10.2. The van der Waals surface area contributed by atoms with Crippen LogP contribution in [0, 0.1) is 17.2 Å². The molecule has 0 aliphatic carbocycles. The fourth-order valence-corrected chi connectivity index (χ4v) is 3.25. The number of hydrogen-bond donors (Lipinski definition) is 0. The topological polar surface area (TPSA) is 53.3 Å². The van der Waals surface area contributed by atoms with Crippen molar-refractivity contribution in [2.75, 3.05) is 20.7 Å². The van der Waals surface area contributed by atoms with E-state index in [0.29, 0.717) is 17.2 Å². The van der Waals surface area contributed by atoms with Crippen LogP contribution in [0.5, 0.6) is 5.75 Å². The Balaban J connectivity index is 2.29. The van der Waals surface area contributed by atoms with Gasteiger partial charge in [0.05, 0.1) is 19.1 Å². The number of ether oxygens (including phenoxy) is 1. The zero-order valence-electron chi connectivity index (χ0n) is 12.9. The van der Waals surface area contributed by atoms with E-state index in [1.807, 2.05) is 36.4 Å². The van der Waals surface area contributed by atoms with Crippen molar-refractivity contribution in [3.8, 4) is 22.3 Å². The Hall–Kier alpha value is -2.32. The van der Waals surface area contributed by atoms with Gasteiger partial charge in [0.2, 0.25) is 0 Å². The van der Waals surface area contributed by atoms with E-state index in [1.54, 1.807) is 26.0 Å². The van der Waals surface area contributed by atoms with Crippen LogP contribution < -0.4 is 4.74 Å². The minimum Gasteiger partial charge on any atom is -0.495 e. The summed E-state index contributed by atoms with van der Waals surface area (Å²) in [5.41, 5.74) is 1.05. The molecule has 5 heteroatoms. The Labute approximate surface area is 134 Å². The fraction of sp³-hybridized carbons (Fsp3) is 0.294. The van der Waals surface area contributed by atoms with E-state index >= 15 is 0 Å². The second-order valence-electron chi connectivity index (χ2n) is 5.09. The molecule has 114 valence electrons. The highest BCUT2D eigenvalue weighted by Gasteiger charge is 2.22. The number of benzene rings is 1. The van der Waals surface area contributed by atoms with Gasteiger partial charge < -0.3 is 9.64 Å². The number of amides is 1. The smallest absolute Gasteiger partial charge is 0.267 e. The number of nitriles is 1. The van der Waals surface area contributed by atoms with Crippen molar-refractivity contribution in [1.29, 1.82) is 5.26 Å². The maximum Gasteiger partial charge on any atom is 0.267 e. The third-order valence-corrected chi connectivity index (χ3v) is 4.44. The summed E-state index contributed by atoms with van der Waals surface area (Å²) in [6, 6.07) is 13.9. The fourth-order valence-electron chi connectivity index (χ4n) is 2.13. The molecule has 22 heavy (non-hydrogen) atoms. The van der Waals surface area contributed by atoms with Crippen molar-refractivity contribution in [2.24, 2.45) is 5.92 Å². The van der Waals surface area contributed by atoms with E-state index in [1.165, 1.54) is 11.3 Å². The molecular weight excluding hydrogens is 296 g/mol. The first-order valence-electron chi connectivity index (χ1n) is 6.95. The molecule has 1 aromatic carbocycles. The summed E-state index contributed by atoms with van der Waals surface area (Å²) in [6.45, 7) is 2.20. The zero-order chi connectivity index (χ0) is 16.1. The van der Waals surface area contributed by atoms with E-state index in [9.17, 15) is 4.79 Å². The van der Waals surface area contributed by atoms with Crippen LogP contribution in [0.4, 0.5) is 0 Å². The SMILES string of the molecule is COc1cc(-c2ccccc2)sc1C(=O)N(C)C[C@@H](C)C#N. The largest absolute Gasteiger partial charge is 0.495 e. The Morgan fingerprint density at radius 2 is 2.09 bits per heavy atom. The van der Waals surface area contributed by atoms with Crippen molar-refractivity contribution in [1.82, 2.24) is 4.90 Å². The highest BCUT2D eigenvalue weighted by Crippen LogP contribution is 2.36. The van der Waals surface area contributed by atoms with Crippen LogP contribution in [0.25, 0.3) is 10.4 Å². The van der Waals surface area contributed by atoms with Gasteiger partial charge in [0.25, 0.3) is 5.91 Å². The summed E-state index contributed by atoms with van der Waals surface area (Å²) in [5, 5.41) is 8.88. The van der Waals surface area contributed by atoms with Crippen molar-refractivity contribution < 1.29 is 9.53 Å². The van der Waals surface area contributed by atoms with E-state index in [2.05, 4.69) is 6.07 Å². The highest BCUT2D eigenvalue weighted by molar-refractivity contribution is 7.17. The highest BCUT2D eigenvalue weighted by atomic mass is 32.1. The molecule has 0 unspecified atom stereocenters. The maximum atomic E-state index is 12.6. The zero-order valence-corrected chi connectivity index (χ0v) is 13.7. The number of nitrogens with zero attached hydrogens (tertiary/aromatic N) is 2. The quantitative estimate of drug-likeness (QED) is 0.846. The second kappa shape index (κ2) is 7.10. The van der Waals surface area contributed by atoms with Gasteiger partial charge in [0.1, 0.15) is 10.6 Å². The number of carbonyl (C=O) groups is 1. The average Bonchev–Trinajstić information content (AvgIpc) is 2.99. The van der Waals surface area contributed by atoms with Crippen LogP contribution in [0.3, 0.4) is 0 Å². The van der Waals surface area contributed by atoms with Gasteiger partial charge >= 0.3 is 0 Å². The van der Waals surface area contributed by atoms with Gasteiger partial charge in [-0.25, -0.2) is 0 Å². The third-order valence-electron chi connectivity index (χ3n) is 3.29. The van der Waals surface area contributed by atoms with Gasteiger partial charge in [-0.15, -0.1) is 11.3 Å². The van der Waals surface area contributed by atoms with Crippen LogP contribution >= 0.6 is 11.3 Å². The predicted molar refractivity (Wildman–Crippen MR) is 88.0 cm³/mol. The summed E-state index contributed by atoms with van der Waals surface area (Å²) in [6.07, 6.45) is 0. The van der Waals surface area contributed by atoms with Gasteiger partial charge in [-0.1, -0.05) is 30.3 Å². The summed E-state index contributed by atoms with van der Waals surface area (Å²) >= 11 is 1.41. The molecule has 2 aromatic rings. The van der Waals surface area contributed by atoms with Crippen molar-refractivity contribution in [2.45, 2.75) is 6.92 Å². The van der Waals surface area contributed by atoms with E-state index in [0.717, 1.165) is 10.4 Å². The summed E-state index contributed by atoms with van der Waals surface area (Å²) in [5.74, 6) is 0.255. The normalized spacial score (nSPS) is 11.5. The van der Waals surface area contributed by atoms with Crippen LogP contribution in [-0.2, 0) is 0 Å². The minimum atomic E-state index is -0.200.